The lowest BCUT2D eigenvalue weighted by Gasteiger charge is -2.14. The van der Waals surface area contributed by atoms with E-state index < -0.39 is 52.7 Å². The molecule has 0 saturated heterocycles. The van der Waals surface area contributed by atoms with Crippen molar-refractivity contribution in [3.05, 3.63) is 38.4 Å². The maximum absolute atomic E-state index is 11.9. The molecule has 18 nitrogen and oxygen atoms in total. The third-order valence-corrected chi connectivity index (χ3v) is 3.81. The standard InChI is InChI=1S/C15H22N6O10.C2H4O2/c22-13(3-1-2-11(31-21(28)29)8-30-20(26)27)17-5-4-14(23)19-12(15(24)25)6-10-7-16-9-18-10;1-2(3)4/h7,9,11-12H,1-6,8H2,(H,16,18)(H,17,22)(H,19,23)(H,24,25);1H3,(H,3,4). The van der Waals surface area contributed by atoms with E-state index in [4.69, 9.17) is 9.90 Å². The van der Waals surface area contributed by atoms with Crippen molar-refractivity contribution in [2.45, 2.75) is 51.2 Å². The van der Waals surface area contributed by atoms with E-state index in [0.717, 1.165) is 6.92 Å². The van der Waals surface area contributed by atoms with Crippen molar-refractivity contribution in [1.82, 2.24) is 20.6 Å². The summed E-state index contributed by atoms with van der Waals surface area (Å²) in [5, 5.41) is 39.7. The molecule has 18 heteroatoms. The minimum Gasteiger partial charge on any atom is -0.481 e. The van der Waals surface area contributed by atoms with Crippen molar-refractivity contribution >= 4 is 23.8 Å². The van der Waals surface area contributed by atoms with E-state index in [9.17, 15) is 39.7 Å². The van der Waals surface area contributed by atoms with E-state index in [2.05, 4.69) is 30.3 Å². The second-order valence-electron chi connectivity index (χ2n) is 6.70. The molecule has 1 rings (SSSR count). The van der Waals surface area contributed by atoms with Gasteiger partial charge in [0.15, 0.2) is 0 Å². The van der Waals surface area contributed by atoms with Crippen molar-refractivity contribution in [1.29, 1.82) is 0 Å². The smallest absolute Gasteiger partial charge is 0.326 e. The highest BCUT2D eigenvalue weighted by atomic mass is 17.0. The third-order valence-electron chi connectivity index (χ3n) is 3.81. The number of aliphatic carboxylic acids is 2. The lowest BCUT2D eigenvalue weighted by molar-refractivity contribution is -0.790. The molecule has 0 spiro atoms. The molecule has 0 saturated carbocycles. The van der Waals surface area contributed by atoms with Crippen LogP contribution in [0.3, 0.4) is 0 Å². The number of carbonyl (C=O) groups is 4. The highest BCUT2D eigenvalue weighted by Crippen LogP contribution is 2.07. The fourth-order valence-corrected chi connectivity index (χ4v) is 2.40. The lowest BCUT2D eigenvalue weighted by atomic mass is 10.1. The molecule has 1 heterocycles. The van der Waals surface area contributed by atoms with Gasteiger partial charge < -0.3 is 35.5 Å². The minimum absolute atomic E-state index is 0.00944. The van der Waals surface area contributed by atoms with Crippen molar-refractivity contribution in [3.63, 3.8) is 0 Å². The summed E-state index contributed by atoms with van der Waals surface area (Å²) in [6.07, 6.45) is 1.50. The van der Waals surface area contributed by atoms with Gasteiger partial charge in [-0.2, -0.15) is 0 Å². The molecule has 0 radical (unpaired) electrons. The highest BCUT2D eigenvalue weighted by molar-refractivity contribution is 5.84. The van der Waals surface area contributed by atoms with E-state index in [1.807, 2.05) is 0 Å². The first-order valence-electron chi connectivity index (χ1n) is 9.95. The number of aromatic amines is 1. The number of nitrogens with zero attached hydrogens (tertiary/aromatic N) is 3. The van der Waals surface area contributed by atoms with Gasteiger partial charge in [-0.3, -0.25) is 14.4 Å². The van der Waals surface area contributed by atoms with Crippen LogP contribution in [0.25, 0.3) is 0 Å². The first-order chi connectivity index (χ1) is 16.4. The molecule has 0 fully saturated rings. The molecule has 0 aromatic carbocycles. The third kappa shape index (κ3) is 17.7. The molecule has 1 aromatic rings. The number of carbonyl (C=O) groups excluding carboxylic acids is 2. The van der Waals surface area contributed by atoms with Crippen molar-refractivity contribution < 1.29 is 49.2 Å². The average Bonchev–Trinajstić information content (AvgIpc) is 3.23. The van der Waals surface area contributed by atoms with Crippen LogP contribution < -0.4 is 10.6 Å². The Hall–Kier alpha value is -4.51. The van der Waals surface area contributed by atoms with E-state index in [0.29, 0.717) is 5.69 Å². The summed E-state index contributed by atoms with van der Waals surface area (Å²) < 4.78 is 0. The number of rotatable bonds is 16. The minimum atomic E-state index is -1.23. The number of amides is 2. The SMILES string of the molecule is CC(=O)O.O=C(CCCC(CO[N+](=O)[O-])O[N+](=O)[O-])NCCC(=O)NC(Cc1c[nH]cn1)C(=O)O. The highest BCUT2D eigenvalue weighted by Gasteiger charge is 2.21. The fraction of sp³-hybridized carbons (Fsp3) is 0.588. The van der Waals surface area contributed by atoms with Crippen LogP contribution in [0.2, 0.25) is 0 Å². The van der Waals surface area contributed by atoms with Crippen molar-refractivity contribution in [2.75, 3.05) is 13.2 Å². The van der Waals surface area contributed by atoms with Gasteiger partial charge in [0, 0.05) is 38.9 Å². The van der Waals surface area contributed by atoms with Crippen LogP contribution in [0.5, 0.6) is 0 Å². The molecule has 2 unspecified atom stereocenters. The number of carboxylic acid groups (broad SMARTS) is 2. The van der Waals surface area contributed by atoms with Crippen LogP contribution in [-0.2, 0) is 35.3 Å². The van der Waals surface area contributed by atoms with E-state index in [1.54, 1.807) is 0 Å². The first-order valence-corrected chi connectivity index (χ1v) is 9.95. The molecule has 0 aliphatic heterocycles. The molecular formula is C17H26N6O12. The molecule has 0 bridgehead atoms. The Labute approximate surface area is 197 Å². The Bertz CT molecular complexity index is 843. The maximum atomic E-state index is 11.9. The summed E-state index contributed by atoms with van der Waals surface area (Å²) in [4.78, 5) is 79.3. The summed E-state index contributed by atoms with van der Waals surface area (Å²) in [6, 6.07) is -1.17. The van der Waals surface area contributed by atoms with Gasteiger partial charge in [-0.25, -0.2) is 9.78 Å². The summed E-state index contributed by atoms with van der Waals surface area (Å²) in [5.74, 6) is -3.11. The molecule has 2 amide bonds. The van der Waals surface area contributed by atoms with Gasteiger partial charge in [-0.05, 0) is 12.8 Å². The quantitative estimate of drug-likeness (QED) is 0.134. The van der Waals surface area contributed by atoms with Gasteiger partial charge in [0.2, 0.25) is 11.8 Å². The predicted octanol–water partition coefficient (Wildman–Crippen LogP) is -0.926. The lowest BCUT2D eigenvalue weighted by Crippen LogP contribution is -2.43. The average molecular weight is 506 g/mol. The van der Waals surface area contributed by atoms with Crippen molar-refractivity contribution in [2.24, 2.45) is 0 Å². The first kappa shape index (κ1) is 30.5. The van der Waals surface area contributed by atoms with Gasteiger partial charge >= 0.3 is 5.97 Å². The Morgan fingerprint density at radius 1 is 1.14 bits per heavy atom. The fourth-order valence-electron chi connectivity index (χ4n) is 2.40. The summed E-state index contributed by atoms with van der Waals surface area (Å²) in [5.41, 5.74) is 0.462. The van der Waals surface area contributed by atoms with Gasteiger partial charge in [-0.1, -0.05) is 0 Å². The Morgan fingerprint density at radius 3 is 2.31 bits per heavy atom. The molecule has 0 aliphatic carbocycles. The van der Waals surface area contributed by atoms with E-state index >= 15 is 0 Å². The van der Waals surface area contributed by atoms with Crippen LogP contribution in [0.1, 0.15) is 38.3 Å². The van der Waals surface area contributed by atoms with Gasteiger partial charge in [0.25, 0.3) is 16.1 Å². The van der Waals surface area contributed by atoms with Crippen LogP contribution in [-0.4, -0.2) is 79.4 Å². The van der Waals surface area contributed by atoms with E-state index in [-0.39, 0.29) is 38.6 Å². The number of H-pyrrole nitrogens is 1. The summed E-state index contributed by atoms with van der Waals surface area (Å²) >= 11 is 0. The Balaban J connectivity index is 0.00000267. The largest absolute Gasteiger partial charge is 0.481 e. The molecule has 0 aliphatic rings. The van der Waals surface area contributed by atoms with E-state index in [1.165, 1.54) is 12.5 Å². The monoisotopic (exact) mass is 506 g/mol. The van der Waals surface area contributed by atoms with Crippen LogP contribution in [0.15, 0.2) is 12.5 Å². The number of aromatic nitrogens is 2. The van der Waals surface area contributed by atoms with Crippen molar-refractivity contribution in [3.8, 4) is 0 Å². The van der Waals surface area contributed by atoms with Gasteiger partial charge in [0.1, 0.15) is 18.8 Å². The number of carboxylic acids is 2. The molecule has 35 heavy (non-hydrogen) atoms. The second kappa shape index (κ2) is 17.0. The summed E-state index contributed by atoms with van der Waals surface area (Å²) in [6.45, 7) is 0.372. The number of imidazole rings is 1. The van der Waals surface area contributed by atoms with Crippen LogP contribution in [0.4, 0.5) is 0 Å². The zero-order chi connectivity index (χ0) is 26.8. The zero-order valence-corrected chi connectivity index (χ0v) is 18.6. The van der Waals surface area contributed by atoms with Gasteiger partial charge in [-0.15, -0.1) is 20.2 Å². The predicted molar refractivity (Wildman–Crippen MR) is 111 cm³/mol. The number of hydrogen-bond acceptors (Lipinski definition) is 11. The topological polar surface area (TPSA) is 266 Å². The Morgan fingerprint density at radius 2 is 1.80 bits per heavy atom. The zero-order valence-electron chi connectivity index (χ0n) is 18.6. The molecular weight excluding hydrogens is 480 g/mol. The Kier molecular flexibility index (Phi) is 14.8. The number of nitrogens with one attached hydrogen (secondary N) is 3. The summed E-state index contributed by atoms with van der Waals surface area (Å²) in [7, 11) is 0. The van der Waals surface area contributed by atoms with Crippen LogP contribution >= 0.6 is 0 Å². The molecule has 196 valence electrons. The van der Waals surface area contributed by atoms with Gasteiger partial charge in [0.05, 0.1) is 12.0 Å². The number of hydrogen-bond donors (Lipinski definition) is 5. The second-order valence-corrected chi connectivity index (χ2v) is 6.70. The molecule has 5 N–H and O–H groups in total. The normalized spacial score (nSPS) is 11.6. The molecule has 2 atom stereocenters. The van der Waals surface area contributed by atoms with Crippen LogP contribution in [0, 0.1) is 20.2 Å². The molecule has 1 aromatic heterocycles. The maximum Gasteiger partial charge on any atom is 0.326 e.